The molecule has 0 unspecified atom stereocenters. The summed E-state index contributed by atoms with van der Waals surface area (Å²) in [5.41, 5.74) is 0. The quantitative estimate of drug-likeness (QED) is 0.284. The number of allylic oxidation sites excluding steroid dienone is 1. The molecule has 0 atom stereocenters. The van der Waals surface area contributed by atoms with Crippen LogP contribution < -0.4 is 0 Å². The van der Waals surface area contributed by atoms with Gasteiger partial charge < -0.3 is 0 Å². The summed E-state index contributed by atoms with van der Waals surface area (Å²) in [6, 6.07) is 0. The Labute approximate surface area is 120 Å². The van der Waals surface area contributed by atoms with Crippen molar-refractivity contribution in [1.29, 1.82) is 0 Å². The van der Waals surface area contributed by atoms with Gasteiger partial charge in [-0.2, -0.15) is 0 Å². The van der Waals surface area contributed by atoms with Crippen molar-refractivity contribution in [2.75, 3.05) is 0 Å². The Bertz CT molecular complexity index is 152. The molecule has 0 saturated carbocycles. The summed E-state index contributed by atoms with van der Waals surface area (Å²) < 4.78 is 4.03. The molecule has 0 rings (SSSR count). The molecular formula is C16H32Te. The molecule has 0 nitrogen and oxygen atoms in total. The van der Waals surface area contributed by atoms with Crippen molar-refractivity contribution >= 4 is 20.9 Å². The molecule has 0 aromatic heterocycles. The van der Waals surface area contributed by atoms with Gasteiger partial charge in [0, 0.05) is 0 Å². The van der Waals surface area contributed by atoms with Crippen LogP contribution in [0.3, 0.4) is 0 Å². The second kappa shape index (κ2) is 16.5. The van der Waals surface area contributed by atoms with E-state index in [2.05, 4.69) is 24.0 Å². The summed E-state index contributed by atoms with van der Waals surface area (Å²) in [5, 5.41) is 0. The molecule has 0 fully saturated rings. The summed E-state index contributed by atoms with van der Waals surface area (Å²) in [4.78, 5) is 0. The fourth-order valence-corrected chi connectivity index (χ4v) is 4.29. The van der Waals surface area contributed by atoms with E-state index in [0.717, 1.165) is 0 Å². The molecule has 0 bridgehead atoms. The van der Waals surface area contributed by atoms with Crippen molar-refractivity contribution in [1.82, 2.24) is 0 Å². The number of unbranched alkanes of at least 4 members (excludes halogenated alkanes) is 9. The van der Waals surface area contributed by atoms with Gasteiger partial charge in [0.25, 0.3) is 0 Å². The third-order valence-corrected chi connectivity index (χ3v) is 5.63. The van der Waals surface area contributed by atoms with Gasteiger partial charge in [-0.1, -0.05) is 0 Å². The summed E-state index contributed by atoms with van der Waals surface area (Å²) in [6.07, 6.45) is 18.1. The average Bonchev–Trinajstić information content (AvgIpc) is 2.35. The van der Waals surface area contributed by atoms with Crippen LogP contribution in [-0.2, 0) is 0 Å². The fraction of sp³-hybridized carbons (Fsp3) is 0.875. The number of hydrogen-bond acceptors (Lipinski definition) is 0. The topological polar surface area (TPSA) is 0 Å². The van der Waals surface area contributed by atoms with Crippen molar-refractivity contribution in [3.63, 3.8) is 0 Å². The third kappa shape index (κ3) is 16.5. The van der Waals surface area contributed by atoms with Gasteiger partial charge in [-0.3, -0.25) is 0 Å². The molecule has 0 spiro atoms. The van der Waals surface area contributed by atoms with Crippen LogP contribution in [0.2, 0.25) is 4.47 Å². The molecule has 0 aliphatic heterocycles. The Morgan fingerprint density at radius 2 is 1.29 bits per heavy atom. The van der Waals surface area contributed by atoms with Crippen molar-refractivity contribution < 1.29 is 0 Å². The van der Waals surface area contributed by atoms with Gasteiger partial charge in [-0.05, 0) is 0 Å². The zero-order valence-corrected chi connectivity index (χ0v) is 14.4. The zero-order valence-electron chi connectivity index (χ0n) is 12.0. The molecule has 0 aromatic rings. The molecule has 0 aliphatic rings. The van der Waals surface area contributed by atoms with E-state index in [4.69, 9.17) is 0 Å². The second-order valence-electron chi connectivity index (χ2n) is 4.86. The first-order chi connectivity index (χ1) is 8.41. The third-order valence-electron chi connectivity index (χ3n) is 3.03. The fourth-order valence-electron chi connectivity index (χ4n) is 1.83. The van der Waals surface area contributed by atoms with E-state index in [0.29, 0.717) is 0 Å². The van der Waals surface area contributed by atoms with E-state index in [-0.39, 0.29) is 20.9 Å². The van der Waals surface area contributed by atoms with Crippen LogP contribution in [0.5, 0.6) is 0 Å². The molecule has 0 N–H and O–H groups in total. The monoisotopic (exact) mass is 354 g/mol. The van der Waals surface area contributed by atoms with Crippen LogP contribution in [0.4, 0.5) is 0 Å². The molecule has 17 heavy (non-hydrogen) atoms. The molecule has 1 heteroatoms. The Kier molecular flexibility index (Phi) is 17.0. The maximum atomic E-state index is 2.52. The molecule has 0 aliphatic carbocycles. The number of hydrogen-bond donors (Lipinski definition) is 0. The first kappa shape index (κ1) is 17.5. The van der Waals surface area contributed by atoms with Crippen molar-refractivity contribution in [2.45, 2.75) is 88.9 Å². The van der Waals surface area contributed by atoms with Crippen molar-refractivity contribution in [3.05, 3.63) is 10.2 Å². The maximum absolute atomic E-state index is 2.52. The van der Waals surface area contributed by atoms with Gasteiger partial charge in [-0.25, -0.2) is 0 Å². The van der Waals surface area contributed by atoms with Gasteiger partial charge >= 0.3 is 120 Å². The van der Waals surface area contributed by atoms with Crippen LogP contribution in [0, 0.1) is 0 Å². The van der Waals surface area contributed by atoms with Crippen LogP contribution >= 0.6 is 0 Å². The van der Waals surface area contributed by atoms with E-state index in [9.17, 15) is 0 Å². The minimum atomic E-state index is 0.239. The molecule has 102 valence electrons. The van der Waals surface area contributed by atoms with Crippen molar-refractivity contribution in [3.8, 4) is 0 Å². The normalized spacial score (nSPS) is 11.4. The van der Waals surface area contributed by atoms with Crippen LogP contribution in [0.15, 0.2) is 10.2 Å². The van der Waals surface area contributed by atoms with Crippen LogP contribution in [0.1, 0.15) is 84.5 Å². The molecule has 0 saturated heterocycles. The summed E-state index contributed by atoms with van der Waals surface area (Å²) in [5.74, 6) is 0. The number of rotatable bonds is 13. The predicted octanol–water partition coefficient (Wildman–Crippen LogP) is 5.95. The molecule has 0 aromatic carbocycles. The Balaban J connectivity index is 2.97. The van der Waals surface area contributed by atoms with Gasteiger partial charge in [-0.15, -0.1) is 0 Å². The molecule has 0 heterocycles. The summed E-state index contributed by atoms with van der Waals surface area (Å²) in [6.45, 7) is 4.58. The predicted molar refractivity (Wildman–Crippen MR) is 81.8 cm³/mol. The average molecular weight is 352 g/mol. The standard InChI is InChI=1S/C16H32Te/c1-3-5-7-8-9-10-11-12-13-14-16-17-15-6-4-2/h14,16H,3-13,15H2,1-2H3/b16-14-. The molecular weight excluding hydrogens is 320 g/mol. The van der Waals surface area contributed by atoms with Gasteiger partial charge in [0.15, 0.2) is 0 Å². The van der Waals surface area contributed by atoms with E-state index in [1.165, 1.54) is 75.1 Å². The zero-order chi connectivity index (χ0) is 12.6. The minimum absolute atomic E-state index is 0.239. The second-order valence-corrected chi connectivity index (χ2v) is 7.75. The summed E-state index contributed by atoms with van der Waals surface area (Å²) in [7, 11) is 0. The molecule has 0 amide bonds. The SMILES string of the molecule is CCCCCCCCCC/C=C\[Te]CCCC. The first-order valence-electron chi connectivity index (χ1n) is 7.68. The van der Waals surface area contributed by atoms with Gasteiger partial charge in [0.1, 0.15) is 0 Å². The van der Waals surface area contributed by atoms with E-state index >= 15 is 0 Å². The Morgan fingerprint density at radius 3 is 1.94 bits per heavy atom. The van der Waals surface area contributed by atoms with Crippen LogP contribution in [0.25, 0.3) is 0 Å². The Morgan fingerprint density at radius 1 is 0.706 bits per heavy atom. The van der Waals surface area contributed by atoms with Crippen molar-refractivity contribution in [2.24, 2.45) is 0 Å². The van der Waals surface area contributed by atoms with E-state index < -0.39 is 0 Å². The summed E-state index contributed by atoms with van der Waals surface area (Å²) >= 11 is 0.239. The van der Waals surface area contributed by atoms with E-state index in [1.807, 2.05) is 0 Å². The van der Waals surface area contributed by atoms with Gasteiger partial charge in [0.2, 0.25) is 0 Å². The Hall–Kier alpha value is 0.530. The van der Waals surface area contributed by atoms with E-state index in [1.54, 1.807) is 0 Å². The first-order valence-corrected chi connectivity index (χ1v) is 10.7. The van der Waals surface area contributed by atoms with Crippen LogP contribution in [-0.4, -0.2) is 20.9 Å². The van der Waals surface area contributed by atoms with Gasteiger partial charge in [0.05, 0.1) is 0 Å². The molecule has 0 radical (unpaired) electrons.